The van der Waals surface area contributed by atoms with Gasteiger partial charge in [-0.2, -0.15) is 0 Å². The Morgan fingerprint density at radius 2 is 1.81 bits per heavy atom. The number of hydrogen-bond acceptors (Lipinski definition) is 5. The number of piperazine rings is 1. The van der Waals surface area contributed by atoms with Crippen molar-refractivity contribution in [3.63, 3.8) is 0 Å². The van der Waals surface area contributed by atoms with Crippen LogP contribution in [0.2, 0.25) is 0 Å². The number of carbonyl (C=O) groups is 2. The maximum Gasteiger partial charge on any atom is 0.254 e. The first kappa shape index (κ1) is 19.8. The first-order valence-corrected chi connectivity index (χ1v) is 9.38. The molecule has 2 amide bonds. The molecule has 3 aliphatic heterocycles. The van der Waals surface area contributed by atoms with Crippen LogP contribution in [-0.2, 0) is 4.79 Å². The van der Waals surface area contributed by atoms with Crippen molar-refractivity contribution in [2.45, 2.75) is 19.3 Å². The van der Waals surface area contributed by atoms with Gasteiger partial charge in [0.1, 0.15) is 0 Å². The van der Waals surface area contributed by atoms with Crippen molar-refractivity contribution >= 4 is 24.2 Å². The Labute approximate surface area is 165 Å². The maximum absolute atomic E-state index is 12.7. The van der Waals surface area contributed by atoms with E-state index in [0.717, 1.165) is 19.5 Å². The molecule has 0 aromatic heterocycles. The number of benzene rings is 1. The van der Waals surface area contributed by atoms with Crippen LogP contribution in [0.3, 0.4) is 0 Å². The minimum Gasteiger partial charge on any atom is -0.454 e. The molecule has 1 aromatic rings. The highest BCUT2D eigenvalue weighted by Crippen LogP contribution is 2.32. The van der Waals surface area contributed by atoms with Crippen molar-refractivity contribution in [3.8, 4) is 11.5 Å². The second-order valence-corrected chi connectivity index (χ2v) is 7.14. The molecule has 1 unspecified atom stereocenters. The Kier molecular flexibility index (Phi) is 6.44. The number of fused-ring (bicyclic) bond motifs is 1. The second kappa shape index (κ2) is 8.80. The van der Waals surface area contributed by atoms with Crippen LogP contribution >= 0.6 is 12.4 Å². The topological polar surface area (TPSA) is 71.1 Å². The lowest BCUT2D eigenvalue weighted by atomic mass is 10.0. The van der Waals surface area contributed by atoms with E-state index in [1.165, 1.54) is 6.42 Å². The van der Waals surface area contributed by atoms with Gasteiger partial charge < -0.3 is 24.6 Å². The normalized spacial score (nSPS) is 21.1. The van der Waals surface area contributed by atoms with Gasteiger partial charge in [-0.05, 0) is 50.0 Å². The fourth-order valence-electron chi connectivity index (χ4n) is 3.82. The second-order valence-electron chi connectivity index (χ2n) is 7.14. The summed E-state index contributed by atoms with van der Waals surface area (Å²) < 4.78 is 10.6. The summed E-state index contributed by atoms with van der Waals surface area (Å²) in [5, 5.41) is 3.34. The Balaban J connectivity index is 0.00000210. The van der Waals surface area contributed by atoms with Crippen molar-refractivity contribution < 1.29 is 19.1 Å². The highest BCUT2D eigenvalue weighted by Gasteiger charge is 2.26. The average Bonchev–Trinajstić information content (AvgIpc) is 3.36. The fourth-order valence-corrected chi connectivity index (χ4v) is 3.82. The minimum atomic E-state index is -0.0209. The number of ether oxygens (including phenoxy) is 2. The van der Waals surface area contributed by atoms with Crippen molar-refractivity contribution in [3.05, 3.63) is 23.8 Å². The summed E-state index contributed by atoms with van der Waals surface area (Å²) in [7, 11) is 0. The number of halogens is 1. The van der Waals surface area contributed by atoms with Crippen LogP contribution in [0, 0.1) is 5.92 Å². The van der Waals surface area contributed by atoms with Gasteiger partial charge in [-0.15, -0.1) is 12.4 Å². The number of amides is 2. The van der Waals surface area contributed by atoms with Gasteiger partial charge in [0.05, 0.1) is 0 Å². The predicted molar refractivity (Wildman–Crippen MR) is 103 cm³/mol. The molecule has 8 heteroatoms. The predicted octanol–water partition coefficient (Wildman–Crippen LogP) is 1.51. The lowest BCUT2D eigenvalue weighted by molar-refractivity contribution is -0.132. The Morgan fingerprint density at radius 3 is 2.56 bits per heavy atom. The van der Waals surface area contributed by atoms with E-state index >= 15 is 0 Å². The van der Waals surface area contributed by atoms with Crippen molar-refractivity contribution in [2.75, 3.05) is 46.1 Å². The zero-order valence-corrected chi connectivity index (χ0v) is 16.1. The van der Waals surface area contributed by atoms with Gasteiger partial charge in [0.15, 0.2) is 11.5 Å². The van der Waals surface area contributed by atoms with Crippen LogP contribution in [0.25, 0.3) is 0 Å². The number of carbonyl (C=O) groups excluding carboxylic acids is 2. The zero-order valence-electron chi connectivity index (χ0n) is 15.3. The molecule has 1 atom stereocenters. The standard InChI is InChI=1S/C19H25N3O4.ClH/c23-18(4-1-14-5-6-20-12-14)21-7-9-22(10-8-21)19(24)15-2-3-16-17(11-15)26-13-25-16;/h2-3,11,14,20H,1,4-10,12-13H2;1H. The SMILES string of the molecule is Cl.O=C(CCC1CCNC1)N1CCN(C(=O)c2ccc3c(c2)OCO3)CC1. The molecule has 1 N–H and O–H groups in total. The molecule has 4 rings (SSSR count). The highest BCUT2D eigenvalue weighted by molar-refractivity contribution is 5.95. The van der Waals surface area contributed by atoms with Crippen LogP contribution in [0.5, 0.6) is 11.5 Å². The molecule has 7 nitrogen and oxygen atoms in total. The van der Waals surface area contributed by atoms with E-state index < -0.39 is 0 Å². The first-order valence-electron chi connectivity index (χ1n) is 9.38. The molecular formula is C19H26ClN3O4. The highest BCUT2D eigenvalue weighted by atomic mass is 35.5. The molecule has 1 aromatic carbocycles. The summed E-state index contributed by atoms with van der Waals surface area (Å²) >= 11 is 0. The van der Waals surface area contributed by atoms with Crippen molar-refractivity contribution in [2.24, 2.45) is 5.92 Å². The molecule has 3 aliphatic rings. The third-order valence-corrected chi connectivity index (χ3v) is 5.47. The van der Waals surface area contributed by atoms with Gasteiger partial charge in [0.25, 0.3) is 5.91 Å². The van der Waals surface area contributed by atoms with Gasteiger partial charge in [0, 0.05) is 38.2 Å². The smallest absolute Gasteiger partial charge is 0.254 e. The third-order valence-electron chi connectivity index (χ3n) is 5.47. The average molecular weight is 396 g/mol. The molecule has 3 heterocycles. The summed E-state index contributed by atoms with van der Waals surface area (Å²) in [6.45, 7) is 4.67. The Bertz CT molecular complexity index is 686. The Morgan fingerprint density at radius 1 is 1.07 bits per heavy atom. The summed E-state index contributed by atoms with van der Waals surface area (Å²) in [6, 6.07) is 5.27. The van der Waals surface area contributed by atoms with Crippen molar-refractivity contribution in [1.82, 2.24) is 15.1 Å². The number of hydrogen-bond donors (Lipinski definition) is 1. The fraction of sp³-hybridized carbons (Fsp3) is 0.579. The largest absolute Gasteiger partial charge is 0.454 e. The van der Waals surface area contributed by atoms with Gasteiger partial charge >= 0.3 is 0 Å². The van der Waals surface area contributed by atoms with E-state index in [9.17, 15) is 9.59 Å². The molecule has 0 aliphatic carbocycles. The molecule has 0 spiro atoms. The van der Waals surface area contributed by atoms with E-state index in [-0.39, 0.29) is 31.0 Å². The van der Waals surface area contributed by atoms with Crippen LogP contribution < -0.4 is 14.8 Å². The van der Waals surface area contributed by atoms with Gasteiger partial charge in [0.2, 0.25) is 12.7 Å². The van der Waals surface area contributed by atoms with Crippen LogP contribution in [0.4, 0.5) is 0 Å². The molecule has 2 saturated heterocycles. The first-order chi connectivity index (χ1) is 12.7. The van der Waals surface area contributed by atoms with Gasteiger partial charge in [-0.3, -0.25) is 9.59 Å². The van der Waals surface area contributed by atoms with E-state index in [4.69, 9.17) is 9.47 Å². The van der Waals surface area contributed by atoms with E-state index in [1.54, 1.807) is 18.2 Å². The van der Waals surface area contributed by atoms with Crippen LogP contribution in [-0.4, -0.2) is 67.7 Å². The molecule has 148 valence electrons. The Hall–Kier alpha value is -1.99. The molecular weight excluding hydrogens is 370 g/mol. The lowest BCUT2D eigenvalue weighted by Crippen LogP contribution is -2.50. The third kappa shape index (κ3) is 4.47. The summed E-state index contributed by atoms with van der Waals surface area (Å²) in [5.74, 6) is 2.12. The van der Waals surface area contributed by atoms with E-state index in [0.29, 0.717) is 55.6 Å². The quantitative estimate of drug-likeness (QED) is 0.836. The number of nitrogens with zero attached hydrogens (tertiary/aromatic N) is 2. The van der Waals surface area contributed by atoms with Gasteiger partial charge in [-0.1, -0.05) is 0 Å². The minimum absolute atomic E-state index is 0. The maximum atomic E-state index is 12.7. The number of rotatable bonds is 4. The zero-order chi connectivity index (χ0) is 17.9. The summed E-state index contributed by atoms with van der Waals surface area (Å²) in [5.41, 5.74) is 0.600. The lowest BCUT2D eigenvalue weighted by Gasteiger charge is -2.35. The number of nitrogens with one attached hydrogen (secondary N) is 1. The van der Waals surface area contributed by atoms with E-state index in [1.807, 2.05) is 9.80 Å². The van der Waals surface area contributed by atoms with Gasteiger partial charge in [-0.25, -0.2) is 0 Å². The summed E-state index contributed by atoms with van der Waals surface area (Å²) in [4.78, 5) is 28.8. The molecule has 0 radical (unpaired) electrons. The molecule has 27 heavy (non-hydrogen) atoms. The molecule has 0 bridgehead atoms. The van der Waals surface area contributed by atoms with E-state index in [2.05, 4.69) is 5.32 Å². The molecule has 2 fully saturated rings. The molecule has 0 saturated carbocycles. The van der Waals surface area contributed by atoms with Crippen molar-refractivity contribution in [1.29, 1.82) is 0 Å². The van der Waals surface area contributed by atoms with Crippen LogP contribution in [0.15, 0.2) is 18.2 Å². The van der Waals surface area contributed by atoms with Crippen LogP contribution in [0.1, 0.15) is 29.6 Å². The summed E-state index contributed by atoms with van der Waals surface area (Å²) in [6.07, 6.45) is 2.75. The monoisotopic (exact) mass is 395 g/mol.